The lowest BCUT2D eigenvalue weighted by atomic mass is 9.90. The molecule has 2 aromatic rings. The van der Waals surface area contributed by atoms with Crippen LogP contribution in [0.2, 0.25) is 0 Å². The fourth-order valence-electron chi connectivity index (χ4n) is 2.56. The van der Waals surface area contributed by atoms with E-state index in [0.717, 1.165) is 16.7 Å². The molecule has 2 rings (SSSR count). The van der Waals surface area contributed by atoms with Gasteiger partial charge in [-0.1, -0.05) is 23.8 Å². The van der Waals surface area contributed by atoms with Gasteiger partial charge in [0.05, 0.1) is 12.5 Å². The highest BCUT2D eigenvalue weighted by Crippen LogP contribution is 2.26. The number of hydrogen-bond donors (Lipinski definition) is 1. The number of carbonyl (C=O) groups is 1. The van der Waals surface area contributed by atoms with Crippen LogP contribution in [0.4, 0.5) is 4.39 Å². The number of aliphatic carboxylic acids is 1. The molecule has 0 saturated carbocycles. The zero-order chi connectivity index (χ0) is 16.8. The van der Waals surface area contributed by atoms with Gasteiger partial charge < -0.3 is 9.84 Å². The maximum absolute atomic E-state index is 12.8. The Hall–Kier alpha value is -2.36. The second-order valence-corrected chi connectivity index (χ2v) is 5.70. The number of hydrogen-bond acceptors (Lipinski definition) is 2. The quantitative estimate of drug-likeness (QED) is 0.767. The van der Waals surface area contributed by atoms with Gasteiger partial charge in [0.2, 0.25) is 0 Å². The molecule has 1 atom stereocenters. The third kappa shape index (κ3) is 4.81. The third-order valence-corrected chi connectivity index (χ3v) is 3.83. The average molecular weight is 316 g/mol. The first-order valence-electron chi connectivity index (χ1n) is 7.65. The van der Waals surface area contributed by atoms with Crippen molar-refractivity contribution < 1.29 is 19.0 Å². The molecule has 0 spiro atoms. The van der Waals surface area contributed by atoms with E-state index >= 15 is 0 Å². The van der Waals surface area contributed by atoms with E-state index in [0.29, 0.717) is 25.2 Å². The van der Waals surface area contributed by atoms with Gasteiger partial charge in [-0.3, -0.25) is 4.79 Å². The van der Waals surface area contributed by atoms with Crippen LogP contribution >= 0.6 is 0 Å². The number of aryl methyl sites for hydroxylation is 2. The van der Waals surface area contributed by atoms with Gasteiger partial charge in [-0.05, 0) is 62.1 Å². The molecule has 0 aliphatic rings. The predicted molar refractivity (Wildman–Crippen MR) is 87.4 cm³/mol. The smallest absolute Gasteiger partial charge is 0.310 e. The Bertz CT molecular complexity index is 665. The van der Waals surface area contributed by atoms with Crippen LogP contribution in [0.3, 0.4) is 0 Å². The molecule has 4 heteroatoms. The second kappa shape index (κ2) is 7.77. The largest absolute Gasteiger partial charge is 0.494 e. The van der Waals surface area contributed by atoms with Gasteiger partial charge in [-0.25, -0.2) is 4.39 Å². The van der Waals surface area contributed by atoms with Crippen LogP contribution in [0, 0.1) is 19.7 Å². The van der Waals surface area contributed by atoms with Crippen molar-refractivity contribution >= 4 is 5.97 Å². The van der Waals surface area contributed by atoms with Crippen molar-refractivity contribution in [1.29, 1.82) is 0 Å². The van der Waals surface area contributed by atoms with E-state index in [2.05, 4.69) is 0 Å². The summed E-state index contributed by atoms with van der Waals surface area (Å²) < 4.78 is 18.3. The first-order chi connectivity index (χ1) is 11.0. The number of benzene rings is 2. The van der Waals surface area contributed by atoms with Crippen molar-refractivity contribution in [3.63, 3.8) is 0 Å². The molecular formula is C19H21FO3. The standard InChI is InChI=1S/C19H21FO3/c1-13-5-6-14(2)18(12-13)17(19(21)22)4-3-11-23-16-9-7-15(20)8-10-16/h5-10,12,17H,3-4,11H2,1-2H3,(H,21,22). The van der Waals surface area contributed by atoms with Gasteiger partial charge in [-0.15, -0.1) is 0 Å². The minimum atomic E-state index is -0.819. The minimum Gasteiger partial charge on any atom is -0.494 e. The number of ether oxygens (including phenoxy) is 1. The molecule has 0 bridgehead atoms. The maximum Gasteiger partial charge on any atom is 0.310 e. The molecule has 2 aromatic carbocycles. The lowest BCUT2D eigenvalue weighted by Gasteiger charge is -2.16. The molecule has 0 heterocycles. The van der Waals surface area contributed by atoms with Crippen molar-refractivity contribution in [2.75, 3.05) is 6.61 Å². The highest BCUT2D eigenvalue weighted by atomic mass is 19.1. The van der Waals surface area contributed by atoms with E-state index in [-0.39, 0.29) is 5.82 Å². The molecule has 0 aliphatic carbocycles. The highest BCUT2D eigenvalue weighted by Gasteiger charge is 2.21. The van der Waals surface area contributed by atoms with Gasteiger partial charge >= 0.3 is 5.97 Å². The highest BCUT2D eigenvalue weighted by molar-refractivity contribution is 5.76. The summed E-state index contributed by atoms with van der Waals surface area (Å²) in [5.74, 6) is -1.07. The molecule has 3 nitrogen and oxygen atoms in total. The summed E-state index contributed by atoms with van der Waals surface area (Å²) in [6.45, 7) is 4.29. The lowest BCUT2D eigenvalue weighted by Crippen LogP contribution is -2.14. The van der Waals surface area contributed by atoms with Crippen molar-refractivity contribution in [3.8, 4) is 5.75 Å². The Labute approximate surface area is 135 Å². The predicted octanol–water partition coefficient (Wildman–Crippen LogP) is 4.47. The Morgan fingerprint density at radius 3 is 2.52 bits per heavy atom. The molecule has 23 heavy (non-hydrogen) atoms. The van der Waals surface area contributed by atoms with Gasteiger partial charge in [0.15, 0.2) is 0 Å². The number of carboxylic acid groups (broad SMARTS) is 1. The van der Waals surface area contributed by atoms with Gasteiger partial charge in [0.25, 0.3) is 0 Å². The van der Waals surface area contributed by atoms with E-state index in [4.69, 9.17) is 4.74 Å². The number of halogens is 1. The van der Waals surface area contributed by atoms with Crippen LogP contribution in [0.15, 0.2) is 42.5 Å². The molecule has 122 valence electrons. The monoisotopic (exact) mass is 316 g/mol. The fourth-order valence-corrected chi connectivity index (χ4v) is 2.56. The summed E-state index contributed by atoms with van der Waals surface area (Å²) in [5, 5.41) is 9.51. The lowest BCUT2D eigenvalue weighted by molar-refractivity contribution is -0.139. The zero-order valence-corrected chi connectivity index (χ0v) is 13.4. The summed E-state index contributed by atoms with van der Waals surface area (Å²) in [6, 6.07) is 11.7. The zero-order valence-electron chi connectivity index (χ0n) is 13.4. The van der Waals surface area contributed by atoms with Gasteiger partial charge in [0, 0.05) is 0 Å². The SMILES string of the molecule is Cc1ccc(C)c(C(CCCOc2ccc(F)cc2)C(=O)O)c1. The van der Waals surface area contributed by atoms with E-state index < -0.39 is 11.9 Å². The Balaban J connectivity index is 1.94. The van der Waals surface area contributed by atoms with E-state index in [1.807, 2.05) is 32.0 Å². The van der Waals surface area contributed by atoms with Crippen LogP contribution in [-0.2, 0) is 4.79 Å². The molecule has 1 N–H and O–H groups in total. The van der Waals surface area contributed by atoms with E-state index in [1.165, 1.54) is 12.1 Å². The molecular weight excluding hydrogens is 295 g/mol. The van der Waals surface area contributed by atoms with Crippen molar-refractivity contribution in [1.82, 2.24) is 0 Å². The van der Waals surface area contributed by atoms with Crippen LogP contribution in [0.5, 0.6) is 5.75 Å². The Morgan fingerprint density at radius 2 is 1.87 bits per heavy atom. The topological polar surface area (TPSA) is 46.5 Å². The molecule has 0 radical (unpaired) electrons. The molecule has 0 amide bonds. The van der Waals surface area contributed by atoms with E-state index in [1.54, 1.807) is 12.1 Å². The summed E-state index contributed by atoms with van der Waals surface area (Å²) in [6.07, 6.45) is 1.11. The molecule has 1 unspecified atom stereocenters. The summed E-state index contributed by atoms with van der Waals surface area (Å²) in [5.41, 5.74) is 2.90. The minimum absolute atomic E-state index is 0.307. The van der Waals surface area contributed by atoms with Crippen molar-refractivity contribution in [2.45, 2.75) is 32.6 Å². The summed E-state index contributed by atoms with van der Waals surface area (Å²) in [7, 11) is 0. The van der Waals surface area contributed by atoms with Crippen molar-refractivity contribution in [3.05, 3.63) is 65.0 Å². The van der Waals surface area contributed by atoms with Gasteiger partial charge in [0.1, 0.15) is 11.6 Å². The Kier molecular flexibility index (Phi) is 5.74. The first-order valence-corrected chi connectivity index (χ1v) is 7.65. The first kappa shape index (κ1) is 17.0. The molecule has 0 aliphatic heterocycles. The van der Waals surface area contributed by atoms with Crippen LogP contribution < -0.4 is 4.74 Å². The van der Waals surface area contributed by atoms with Crippen LogP contribution in [-0.4, -0.2) is 17.7 Å². The number of carboxylic acids is 1. The van der Waals surface area contributed by atoms with Crippen LogP contribution in [0.25, 0.3) is 0 Å². The second-order valence-electron chi connectivity index (χ2n) is 5.70. The van der Waals surface area contributed by atoms with Crippen LogP contribution in [0.1, 0.15) is 35.4 Å². The Morgan fingerprint density at radius 1 is 1.17 bits per heavy atom. The average Bonchev–Trinajstić information content (AvgIpc) is 2.51. The number of rotatable bonds is 7. The van der Waals surface area contributed by atoms with Gasteiger partial charge in [-0.2, -0.15) is 0 Å². The summed E-state index contributed by atoms with van der Waals surface area (Å²) >= 11 is 0. The normalized spacial score (nSPS) is 12.0. The maximum atomic E-state index is 12.8. The molecule has 0 saturated heterocycles. The van der Waals surface area contributed by atoms with E-state index in [9.17, 15) is 14.3 Å². The third-order valence-electron chi connectivity index (χ3n) is 3.83. The molecule has 0 aromatic heterocycles. The summed E-state index contributed by atoms with van der Waals surface area (Å²) in [4.78, 5) is 11.6. The molecule has 0 fully saturated rings. The fraction of sp³-hybridized carbons (Fsp3) is 0.316. The van der Waals surface area contributed by atoms with Crippen molar-refractivity contribution in [2.24, 2.45) is 0 Å².